The summed E-state index contributed by atoms with van der Waals surface area (Å²) in [6.45, 7) is 2.12. The molecule has 0 unspecified atom stereocenters. The number of benzene rings is 2. The fourth-order valence-electron chi connectivity index (χ4n) is 3.01. The number of allylic oxidation sites excluding steroid dienone is 1. The van der Waals surface area contributed by atoms with Gasteiger partial charge in [-0.25, -0.2) is 0 Å². The summed E-state index contributed by atoms with van der Waals surface area (Å²) >= 11 is 0. The molecule has 1 amide bonds. The summed E-state index contributed by atoms with van der Waals surface area (Å²) in [6.07, 6.45) is 6.79. The van der Waals surface area contributed by atoms with Crippen LogP contribution in [0.4, 0.5) is 0 Å². The molecule has 0 aliphatic heterocycles. The summed E-state index contributed by atoms with van der Waals surface area (Å²) < 4.78 is 5.71. The number of nitrogens with zero attached hydrogens (tertiary/aromatic N) is 2. The molecule has 0 radical (unpaired) electrons. The zero-order valence-electron chi connectivity index (χ0n) is 17.9. The van der Waals surface area contributed by atoms with Gasteiger partial charge in [-0.3, -0.25) is 19.6 Å². The molecule has 0 spiro atoms. The number of aromatic amines is 1. The standard InChI is InChI=1S/C23H19N3O2.C2H5NO/c1-16(13-17-5-3-2-4-6-17)14-18-7-9-19(10-8-18)28-23-25-21-15-24-12-11-20(21)22(27)26-23;1-3-2-4/h2-12,14-15H,13H2,1H3,(H,25,26,27);2H,1H3,(H,3,4)/b16-14+;. The highest BCUT2D eigenvalue weighted by molar-refractivity contribution is 5.76. The molecule has 2 aromatic heterocycles. The number of hydrogen-bond acceptors (Lipinski definition) is 5. The maximum absolute atomic E-state index is 12.1. The van der Waals surface area contributed by atoms with Crippen molar-refractivity contribution in [3.05, 3.63) is 100 Å². The SMILES string of the molecule is C/C(=C\c1ccc(Oc2nc3cnccc3c(=O)[nH]2)cc1)Cc1ccccc1.CNC=O. The number of aromatic nitrogens is 3. The quantitative estimate of drug-likeness (QED) is 0.450. The summed E-state index contributed by atoms with van der Waals surface area (Å²) in [5.74, 6) is 0.601. The Morgan fingerprint density at radius 2 is 1.81 bits per heavy atom. The average Bonchev–Trinajstić information content (AvgIpc) is 2.81. The maximum atomic E-state index is 12.1. The van der Waals surface area contributed by atoms with Crippen molar-refractivity contribution >= 4 is 23.4 Å². The Morgan fingerprint density at radius 1 is 1.09 bits per heavy atom. The first-order valence-corrected chi connectivity index (χ1v) is 10.0. The molecule has 0 saturated heterocycles. The largest absolute Gasteiger partial charge is 0.426 e. The van der Waals surface area contributed by atoms with E-state index in [-0.39, 0.29) is 11.6 Å². The molecule has 7 heteroatoms. The number of nitrogens with one attached hydrogen (secondary N) is 2. The number of hydrogen-bond donors (Lipinski definition) is 2. The van der Waals surface area contributed by atoms with Crippen molar-refractivity contribution in [1.29, 1.82) is 0 Å². The molecular weight excluding hydrogens is 404 g/mol. The van der Waals surface area contributed by atoms with Crippen LogP contribution in [0.2, 0.25) is 0 Å². The van der Waals surface area contributed by atoms with Gasteiger partial charge in [-0.2, -0.15) is 4.98 Å². The van der Waals surface area contributed by atoms with Crippen molar-refractivity contribution in [1.82, 2.24) is 20.3 Å². The van der Waals surface area contributed by atoms with Gasteiger partial charge in [0.05, 0.1) is 17.1 Å². The molecular formula is C25H24N4O3. The Morgan fingerprint density at radius 3 is 2.50 bits per heavy atom. The number of carbonyl (C=O) groups is 1. The Bertz CT molecular complexity index is 1250. The summed E-state index contributed by atoms with van der Waals surface area (Å²) in [4.78, 5) is 32.1. The van der Waals surface area contributed by atoms with Crippen molar-refractivity contribution < 1.29 is 9.53 Å². The predicted octanol–water partition coefficient (Wildman–Crippen LogP) is 4.12. The topological polar surface area (TPSA) is 97.0 Å². The monoisotopic (exact) mass is 428 g/mol. The van der Waals surface area contributed by atoms with E-state index in [4.69, 9.17) is 9.53 Å². The molecule has 0 aliphatic carbocycles. The van der Waals surface area contributed by atoms with E-state index in [1.54, 1.807) is 25.5 Å². The van der Waals surface area contributed by atoms with Crippen LogP contribution < -0.4 is 15.6 Å². The fraction of sp³-hybridized carbons (Fsp3) is 0.120. The van der Waals surface area contributed by atoms with E-state index in [0.717, 1.165) is 12.0 Å². The molecule has 2 N–H and O–H groups in total. The maximum Gasteiger partial charge on any atom is 0.302 e. The Labute approximate surface area is 185 Å². The van der Waals surface area contributed by atoms with Crippen LogP contribution >= 0.6 is 0 Å². The van der Waals surface area contributed by atoms with Crippen molar-refractivity contribution in [2.24, 2.45) is 0 Å². The van der Waals surface area contributed by atoms with Crippen molar-refractivity contribution in [3.8, 4) is 11.8 Å². The van der Waals surface area contributed by atoms with Crippen LogP contribution in [0.3, 0.4) is 0 Å². The molecule has 0 fully saturated rings. The molecule has 4 aromatic rings. The Kier molecular flexibility index (Phi) is 7.86. The summed E-state index contributed by atoms with van der Waals surface area (Å²) in [6, 6.07) is 19.8. The van der Waals surface area contributed by atoms with Gasteiger partial charge >= 0.3 is 6.01 Å². The van der Waals surface area contributed by atoms with Gasteiger partial charge in [0.2, 0.25) is 6.41 Å². The first-order chi connectivity index (χ1) is 15.6. The lowest BCUT2D eigenvalue weighted by Crippen LogP contribution is -2.09. The average molecular weight is 428 g/mol. The van der Waals surface area contributed by atoms with Crippen LogP contribution in [0.15, 0.2) is 83.4 Å². The first kappa shape index (κ1) is 22.4. The van der Waals surface area contributed by atoms with E-state index in [0.29, 0.717) is 23.1 Å². The highest BCUT2D eigenvalue weighted by Crippen LogP contribution is 2.20. The number of carbonyl (C=O) groups excluding carboxylic acids is 1. The van der Waals surface area contributed by atoms with E-state index in [1.165, 1.54) is 11.1 Å². The smallest absolute Gasteiger partial charge is 0.302 e. The van der Waals surface area contributed by atoms with Crippen LogP contribution in [-0.2, 0) is 11.2 Å². The third-order valence-corrected chi connectivity index (χ3v) is 4.44. The third-order valence-electron chi connectivity index (χ3n) is 4.44. The zero-order valence-corrected chi connectivity index (χ0v) is 17.9. The zero-order chi connectivity index (χ0) is 22.8. The van der Waals surface area contributed by atoms with Gasteiger partial charge in [-0.05, 0) is 42.7 Å². The van der Waals surface area contributed by atoms with E-state index in [9.17, 15) is 4.79 Å². The van der Waals surface area contributed by atoms with Crippen LogP contribution in [0.5, 0.6) is 11.8 Å². The lowest BCUT2D eigenvalue weighted by molar-refractivity contribution is -0.109. The molecule has 0 aliphatic rings. The number of pyridine rings is 1. The van der Waals surface area contributed by atoms with E-state index in [2.05, 4.69) is 57.5 Å². The van der Waals surface area contributed by atoms with Gasteiger partial charge in [0.15, 0.2) is 0 Å². The number of ether oxygens (including phenoxy) is 1. The van der Waals surface area contributed by atoms with Crippen LogP contribution in [0.1, 0.15) is 18.1 Å². The van der Waals surface area contributed by atoms with E-state index in [1.807, 2.05) is 30.3 Å². The number of rotatable bonds is 6. The highest BCUT2D eigenvalue weighted by Gasteiger charge is 2.05. The lowest BCUT2D eigenvalue weighted by Gasteiger charge is -2.06. The van der Waals surface area contributed by atoms with Gasteiger partial charge in [0.1, 0.15) is 5.75 Å². The number of fused-ring (bicyclic) bond motifs is 1. The molecule has 7 nitrogen and oxygen atoms in total. The predicted molar refractivity (Wildman–Crippen MR) is 126 cm³/mol. The van der Waals surface area contributed by atoms with Crippen LogP contribution in [0.25, 0.3) is 17.0 Å². The second-order valence-corrected chi connectivity index (χ2v) is 6.99. The molecule has 0 saturated carbocycles. The second-order valence-electron chi connectivity index (χ2n) is 6.99. The van der Waals surface area contributed by atoms with Crippen molar-refractivity contribution in [2.75, 3.05) is 7.05 Å². The lowest BCUT2D eigenvalue weighted by atomic mass is 10.0. The molecule has 2 aromatic carbocycles. The minimum absolute atomic E-state index is 0.147. The minimum Gasteiger partial charge on any atom is -0.426 e. The summed E-state index contributed by atoms with van der Waals surface area (Å²) in [5.41, 5.74) is 3.89. The highest BCUT2D eigenvalue weighted by atomic mass is 16.5. The molecule has 4 rings (SSSR count). The molecule has 0 bridgehead atoms. The van der Waals surface area contributed by atoms with Crippen LogP contribution in [-0.4, -0.2) is 28.4 Å². The molecule has 2 heterocycles. The van der Waals surface area contributed by atoms with Gasteiger partial charge < -0.3 is 10.1 Å². The van der Waals surface area contributed by atoms with E-state index < -0.39 is 0 Å². The molecule has 162 valence electrons. The van der Waals surface area contributed by atoms with Crippen LogP contribution in [0, 0.1) is 0 Å². The third kappa shape index (κ3) is 6.37. The number of amides is 1. The summed E-state index contributed by atoms with van der Waals surface area (Å²) in [5, 5.41) is 2.73. The van der Waals surface area contributed by atoms with E-state index >= 15 is 0 Å². The fourth-order valence-corrected chi connectivity index (χ4v) is 3.01. The first-order valence-electron chi connectivity index (χ1n) is 10.0. The number of H-pyrrole nitrogens is 1. The molecule has 32 heavy (non-hydrogen) atoms. The van der Waals surface area contributed by atoms with Crippen molar-refractivity contribution in [3.63, 3.8) is 0 Å². The second kappa shape index (κ2) is 11.2. The Balaban J connectivity index is 0.000000668. The van der Waals surface area contributed by atoms with Crippen molar-refractivity contribution in [2.45, 2.75) is 13.3 Å². The van der Waals surface area contributed by atoms with Gasteiger partial charge in [-0.15, -0.1) is 0 Å². The van der Waals surface area contributed by atoms with Gasteiger partial charge in [0, 0.05) is 13.2 Å². The van der Waals surface area contributed by atoms with Gasteiger partial charge in [-0.1, -0.05) is 54.1 Å². The normalized spacial score (nSPS) is 10.8. The van der Waals surface area contributed by atoms with Gasteiger partial charge in [0.25, 0.3) is 5.56 Å². The Hall–Kier alpha value is -4.26. The summed E-state index contributed by atoms with van der Waals surface area (Å²) in [7, 11) is 1.56. The molecule has 0 atom stereocenters. The minimum atomic E-state index is -0.251.